The first kappa shape index (κ1) is 57.8. The van der Waals surface area contributed by atoms with Gasteiger partial charge in [0.15, 0.2) is 25.0 Å². The van der Waals surface area contributed by atoms with Gasteiger partial charge in [-0.15, -0.1) is 5.10 Å². The van der Waals surface area contributed by atoms with Crippen molar-refractivity contribution in [3.63, 3.8) is 0 Å². The van der Waals surface area contributed by atoms with E-state index in [2.05, 4.69) is 15.6 Å². The van der Waals surface area contributed by atoms with Gasteiger partial charge in [0.05, 0.1) is 62.5 Å². The SMILES string of the molecule is CCCOCCn1cc(CO[C@@H]2OC(C)[C@@H](O[C@H]3O[C@H](C)[C@@H](O[C@H]4O[C@H](C)[C@@H](N[C@H]5C=C(C)CC[C@H]5OS(=O)(=O)O)C[C@H]4OS(=O)(=O)O)C[C@H]3OS(=O)(=O)O)[C@H](OS(=O)(=O)O)[C@H]2OS(=O)(=O)O)nn1. The molecule has 6 N–H and O–H groups in total. The van der Waals surface area contributed by atoms with Crippen LogP contribution in [-0.2, 0) is 119 Å². The predicted molar refractivity (Wildman–Crippen MR) is 224 cm³/mol. The third-order valence-corrected chi connectivity index (χ3v) is 13.2. The molecule has 1 aliphatic carbocycles. The first-order valence-electron chi connectivity index (χ1n) is 20.9. The normalized spacial score (nSPS) is 34.3. The number of rotatable bonds is 24. The highest BCUT2D eigenvalue weighted by molar-refractivity contribution is 7.81. The van der Waals surface area contributed by atoms with Crippen LogP contribution in [0.5, 0.6) is 0 Å². The number of nitrogens with one attached hydrogen (secondary N) is 1. The highest BCUT2D eigenvalue weighted by Gasteiger charge is 2.54. The Kier molecular flexibility index (Phi) is 20.0. The monoisotopic (exact) mass is 1100 g/mol. The van der Waals surface area contributed by atoms with Crippen molar-refractivity contribution in [3.8, 4) is 0 Å². The highest BCUT2D eigenvalue weighted by Crippen LogP contribution is 2.37. The number of hydrogen-bond acceptors (Lipinski definition) is 25. The van der Waals surface area contributed by atoms with Crippen LogP contribution < -0.4 is 5.32 Å². The van der Waals surface area contributed by atoms with Crippen LogP contribution in [0.4, 0.5) is 0 Å². The third kappa shape index (κ3) is 18.7. The second-order valence-corrected chi connectivity index (χ2v) is 21.5. The maximum Gasteiger partial charge on any atom is 0.397 e. The molecule has 1 unspecified atom stereocenters. The van der Waals surface area contributed by atoms with Crippen LogP contribution >= 0.6 is 0 Å². The van der Waals surface area contributed by atoms with E-state index >= 15 is 0 Å². The molecule has 15 atom stereocenters. The summed E-state index contributed by atoms with van der Waals surface area (Å²) in [7, 11) is -26.7. The van der Waals surface area contributed by atoms with Gasteiger partial charge in [-0.1, -0.05) is 23.8 Å². The standard InChI is InChI=1S/C33H56N4O27S5/c1-6-10-53-11-9-37-15-21(35-36-37)16-54-33-30(64-69(50,51)52)29(63-68(47,48)49)28(20(5)57-33)59-32-27(62-67(44,45)46)14-25(19(4)56-32)58-31-26(61-66(41,42)43)13-22(18(3)55-31)34-23-12-17(2)7-8-24(23)60-65(38,39)40/h12,15,18-20,22-34H,6-11,13-14,16H2,1-5H3,(H,38,39,40)(H,41,42,43)(H,44,45,46)(H,47,48,49)(H,50,51,52)/t18-,19-,20?,22+,23+,24-,25+,26-,27-,28-,29+,30-,31-,32-,33-/m1/s1. The minimum Gasteiger partial charge on any atom is -0.380 e. The van der Waals surface area contributed by atoms with E-state index < -0.39 is 157 Å². The summed E-state index contributed by atoms with van der Waals surface area (Å²) in [6.07, 6.45) is -18.8. The fourth-order valence-electron chi connectivity index (χ4n) is 7.87. The average molecular weight is 1100 g/mol. The molecular formula is C33H56N4O27S5. The van der Waals surface area contributed by atoms with Gasteiger partial charge in [-0.25, -0.2) is 25.6 Å². The first-order chi connectivity index (χ1) is 31.8. The maximum absolute atomic E-state index is 12.2. The fourth-order valence-corrected chi connectivity index (χ4v) is 10.3. The van der Waals surface area contributed by atoms with Crippen LogP contribution in [-0.4, -0.2) is 185 Å². The van der Waals surface area contributed by atoms with Crippen LogP contribution in [0.2, 0.25) is 0 Å². The zero-order valence-corrected chi connectivity index (χ0v) is 41.4. The Hall–Kier alpha value is -2.09. The fraction of sp³-hybridized carbons (Fsp3) is 0.879. The van der Waals surface area contributed by atoms with Crippen molar-refractivity contribution in [1.29, 1.82) is 0 Å². The summed E-state index contributed by atoms with van der Waals surface area (Å²) < 4.78 is 235. The molecule has 0 bridgehead atoms. The van der Waals surface area contributed by atoms with Crippen molar-refractivity contribution in [1.82, 2.24) is 20.3 Å². The predicted octanol–water partition coefficient (Wildman–Crippen LogP) is -0.987. The Morgan fingerprint density at radius 3 is 1.83 bits per heavy atom. The number of ether oxygens (including phenoxy) is 7. The second kappa shape index (κ2) is 23.8. The average Bonchev–Trinajstić information content (AvgIpc) is 3.64. The lowest BCUT2D eigenvalue weighted by atomic mass is 9.91. The summed E-state index contributed by atoms with van der Waals surface area (Å²) in [4.78, 5) is 0. The van der Waals surface area contributed by atoms with Crippen LogP contribution in [0.15, 0.2) is 17.8 Å². The van der Waals surface area contributed by atoms with Gasteiger partial charge in [-0.3, -0.25) is 22.8 Å². The molecule has 1 aromatic rings. The Morgan fingerprint density at radius 1 is 0.667 bits per heavy atom. The minimum atomic E-state index is -5.58. The quantitative estimate of drug-likeness (QED) is 0.0411. The van der Waals surface area contributed by atoms with Gasteiger partial charge in [0.2, 0.25) is 0 Å². The lowest BCUT2D eigenvalue weighted by Crippen LogP contribution is -2.63. The van der Waals surface area contributed by atoms with Crippen molar-refractivity contribution < 1.29 is 119 Å². The highest BCUT2D eigenvalue weighted by atomic mass is 32.3. The van der Waals surface area contributed by atoms with Gasteiger partial charge in [-0.05, 0) is 53.4 Å². The van der Waals surface area contributed by atoms with E-state index in [4.69, 9.17) is 54.1 Å². The van der Waals surface area contributed by atoms with Crippen molar-refractivity contribution in [3.05, 3.63) is 23.5 Å². The summed E-state index contributed by atoms with van der Waals surface area (Å²) in [6, 6.07) is -1.75. The molecule has 0 aromatic carbocycles. The molecule has 31 nitrogen and oxygen atoms in total. The van der Waals surface area contributed by atoms with Gasteiger partial charge in [-0.2, -0.15) is 42.1 Å². The molecule has 3 saturated heterocycles. The Balaban J connectivity index is 1.36. The smallest absolute Gasteiger partial charge is 0.380 e. The summed E-state index contributed by atoms with van der Waals surface area (Å²) in [5, 5.41) is 10.9. The molecule has 0 amide bonds. The van der Waals surface area contributed by atoms with Gasteiger partial charge >= 0.3 is 52.0 Å². The van der Waals surface area contributed by atoms with E-state index in [1.807, 2.05) is 6.92 Å². The Labute approximate surface area is 398 Å². The number of allylic oxidation sites excluding steroid dienone is 1. The van der Waals surface area contributed by atoms with E-state index in [-0.39, 0.29) is 31.7 Å². The summed E-state index contributed by atoms with van der Waals surface area (Å²) >= 11 is 0. The lowest BCUT2D eigenvalue weighted by molar-refractivity contribution is -0.346. The molecule has 0 spiro atoms. The largest absolute Gasteiger partial charge is 0.397 e. The van der Waals surface area contributed by atoms with Crippen LogP contribution in [0.3, 0.4) is 0 Å². The second-order valence-electron chi connectivity index (χ2n) is 16.3. The van der Waals surface area contributed by atoms with Crippen LogP contribution in [0, 0.1) is 0 Å². The van der Waals surface area contributed by atoms with Crippen LogP contribution in [0.1, 0.15) is 72.4 Å². The molecule has 0 saturated carbocycles. The van der Waals surface area contributed by atoms with Gasteiger partial charge in [0.25, 0.3) is 0 Å². The van der Waals surface area contributed by atoms with Gasteiger partial charge in [0.1, 0.15) is 30.1 Å². The molecule has 400 valence electrons. The summed E-state index contributed by atoms with van der Waals surface area (Å²) in [5.41, 5.74) is 0.961. The number of nitrogens with zero attached hydrogens (tertiary/aromatic N) is 3. The van der Waals surface area contributed by atoms with Crippen molar-refractivity contribution >= 4 is 52.0 Å². The van der Waals surface area contributed by atoms with E-state index in [0.717, 1.165) is 12.0 Å². The molecule has 1 aromatic heterocycles. The van der Waals surface area contributed by atoms with E-state index in [1.54, 1.807) is 13.0 Å². The van der Waals surface area contributed by atoms with E-state index in [1.165, 1.54) is 31.6 Å². The van der Waals surface area contributed by atoms with Crippen LogP contribution in [0.25, 0.3) is 0 Å². The summed E-state index contributed by atoms with van der Waals surface area (Å²) in [6.45, 7) is 8.29. The lowest BCUT2D eigenvalue weighted by Gasteiger charge is -2.47. The van der Waals surface area contributed by atoms with Crippen molar-refractivity contribution in [2.24, 2.45) is 0 Å². The van der Waals surface area contributed by atoms with E-state index in [0.29, 0.717) is 13.0 Å². The minimum absolute atomic E-state index is 0.138. The third-order valence-electron chi connectivity index (χ3n) is 10.8. The first-order valence-corrected chi connectivity index (χ1v) is 27.7. The molecule has 3 aliphatic heterocycles. The Bertz CT molecular complexity index is 2460. The number of aromatic nitrogens is 3. The van der Waals surface area contributed by atoms with Gasteiger partial charge in [0, 0.05) is 19.1 Å². The zero-order valence-electron chi connectivity index (χ0n) is 37.3. The molecule has 69 heavy (non-hydrogen) atoms. The molecule has 3 fully saturated rings. The molecule has 5 rings (SSSR count). The maximum atomic E-state index is 12.2. The van der Waals surface area contributed by atoms with Crippen molar-refractivity contribution in [2.75, 3.05) is 13.2 Å². The number of hydrogen-bond donors (Lipinski definition) is 6. The van der Waals surface area contributed by atoms with Crippen molar-refractivity contribution in [2.45, 2.75) is 172 Å². The molecule has 4 aliphatic rings. The molecular weight excluding hydrogens is 1040 g/mol. The van der Waals surface area contributed by atoms with E-state index in [9.17, 15) is 64.9 Å². The molecule has 36 heteroatoms. The summed E-state index contributed by atoms with van der Waals surface area (Å²) in [5.74, 6) is 0. The molecule has 0 radical (unpaired) electrons. The topological polar surface area (TPSA) is 425 Å². The zero-order chi connectivity index (χ0) is 51.3. The molecule has 4 heterocycles. The Morgan fingerprint density at radius 2 is 1.22 bits per heavy atom. The van der Waals surface area contributed by atoms with Gasteiger partial charge < -0.3 is 38.5 Å².